The van der Waals surface area contributed by atoms with E-state index in [0.717, 1.165) is 11.3 Å². The molecular weight excluding hydrogens is 272 g/mol. The molecule has 1 saturated carbocycles. The Morgan fingerprint density at radius 1 is 1.30 bits per heavy atom. The van der Waals surface area contributed by atoms with E-state index in [1.54, 1.807) is 6.07 Å². The standard InChI is InChI=1S/C15H22N2O2S/c1-10-5-3-4-6-12(10)17-14(18)9-16-15(19)13-8-7-11(2)20-13/h7-8,10,12H,3-6,9H2,1-2H3,(H,16,19)(H,17,18)/t10-,12-/m1/s1. The van der Waals surface area contributed by atoms with E-state index in [1.165, 1.54) is 30.6 Å². The van der Waals surface area contributed by atoms with Gasteiger partial charge in [-0.15, -0.1) is 11.3 Å². The van der Waals surface area contributed by atoms with E-state index >= 15 is 0 Å². The summed E-state index contributed by atoms with van der Waals surface area (Å²) < 4.78 is 0. The summed E-state index contributed by atoms with van der Waals surface area (Å²) >= 11 is 1.44. The molecule has 2 amide bonds. The van der Waals surface area contributed by atoms with Gasteiger partial charge in [0.25, 0.3) is 5.91 Å². The molecule has 1 heterocycles. The van der Waals surface area contributed by atoms with Crippen molar-refractivity contribution in [1.29, 1.82) is 0 Å². The number of thiophene rings is 1. The molecular formula is C15H22N2O2S. The molecule has 4 nitrogen and oxygen atoms in total. The molecule has 0 unspecified atom stereocenters. The van der Waals surface area contributed by atoms with Crippen LogP contribution in [0.4, 0.5) is 0 Å². The Bertz CT molecular complexity index is 484. The van der Waals surface area contributed by atoms with Gasteiger partial charge >= 0.3 is 0 Å². The molecule has 0 radical (unpaired) electrons. The van der Waals surface area contributed by atoms with Crippen molar-refractivity contribution in [1.82, 2.24) is 10.6 Å². The van der Waals surface area contributed by atoms with Crippen LogP contribution in [0.2, 0.25) is 0 Å². The maximum atomic E-state index is 11.9. The fourth-order valence-corrected chi connectivity index (χ4v) is 3.38. The van der Waals surface area contributed by atoms with Gasteiger partial charge in [-0.05, 0) is 37.8 Å². The molecule has 2 atom stereocenters. The van der Waals surface area contributed by atoms with Gasteiger partial charge in [0, 0.05) is 10.9 Å². The van der Waals surface area contributed by atoms with Gasteiger partial charge in [0.2, 0.25) is 5.91 Å². The third kappa shape index (κ3) is 4.07. The molecule has 110 valence electrons. The minimum absolute atomic E-state index is 0.0546. The zero-order valence-electron chi connectivity index (χ0n) is 12.1. The summed E-state index contributed by atoms with van der Waals surface area (Å²) in [6.07, 6.45) is 4.65. The average Bonchev–Trinajstić information content (AvgIpc) is 2.85. The zero-order chi connectivity index (χ0) is 14.5. The predicted molar refractivity (Wildman–Crippen MR) is 81.0 cm³/mol. The molecule has 0 aromatic carbocycles. The SMILES string of the molecule is Cc1ccc(C(=O)NCC(=O)N[C@@H]2CCCC[C@H]2C)s1. The van der Waals surface area contributed by atoms with Crippen molar-refractivity contribution in [2.45, 2.75) is 45.6 Å². The molecule has 1 aliphatic rings. The van der Waals surface area contributed by atoms with Crippen LogP contribution in [0.3, 0.4) is 0 Å². The Morgan fingerprint density at radius 2 is 2.05 bits per heavy atom. The molecule has 1 aromatic rings. The Hall–Kier alpha value is -1.36. The molecule has 5 heteroatoms. The smallest absolute Gasteiger partial charge is 0.261 e. The van der Waals surface area contributed by atoms with Crippen LogP contribution in [-0.2, 0) is 4.79 Å². The first-order chi connectivity index (χ1) is 9.56. The number of rotatable bonds is 4. The summed E-state index contributed by atoms with van der Waals surface area (Å²) in [7, 11) is 0. The molecule has 1 aliphatic carbocycles. The highest BCUT2D eigenvalue weighted by Gasteiger charge is 2.22. The molecule has 2 rings (SSSR count). The second-order valence-corrected chi connectivity index (χ2v) is 6.82. The molecule has 0 saturated heterocycles. The van der Waals surface area contributed by atoms with Crippen LogP contribution < -0.4 is 10.6 Å². The van der Waals surface area contributed by atoms with Crippen LogP contribution in [-0.4, -0.2) is 24.4 Å². The maximum absolute atomic E-state index is 11.9. The molecule has 2 N–H and O–H groups in total. The van der Waals surface area contributed by atoms with Crippen molar-refractivity contribution in [2.75, 3.05) is 6.54 Å². The fraction of sp³-hybridized carbons (Fsp3) is 0.600. The van der Waals surface area contributed by atoms with Crippen LogP contribution in [0.1, 0.15) is 47.2 Å². The third-order valence-corrected chi connectivity index (χ3v) is 4.83. The number of carbonyl (C=O) groups excluding carboxylic acids is 2. The summed E-state index contributed by atoms with van der Waals surface area (Å²) in [6.45, 7) is 4.19. The Labute approximate surface area is 124 Å². The quantitative estimate of drug-likeness (QED) is 0.896. The highest BCUT2D eigenvalue weighted by Crippen LogP contribution is 2.23. The van der Waals surface area contributed by atoms with Crippen LogP contribution in [0, 0.1) is 12.8 Å². The van der Waals surface area contributed by atoms with Crippen LogP contribution in [0.15, 0.2) is 12.1 Å². The molecule has 0 aliphatic heterocycles. The van der Waals surface area contributed by atoms with Gasteiger partial charge in [0.15, 0.2) is 0 Å². The minimum Gasteiger partial charge on any atom is -0.352 e. The second kappa shape index (κ2) is 6.88. The Morgan fingerprint density at radius 3 is 2.70 bits per heavy atom. The Balaban J connectivity index is 1.76. The van der Waals surface area contributed by atoms with Crippen LogP contribution >= 0.6 is 11.3 Å². The highest BCUT2D eigenvalue weighted by molar-refractivity contribution is 7.13. The predicted octanol–water partition coefficient (Wildman–Crippen LogP) is 2.48. The summed E-state index contributed by atoms with van der Waals surface area (Å²) in [4.78, 5) is 25.5. The number of hydrogen-bond donors (Lipinski definition) is 2. The topological polar surface area (TPSA) is 58.2 Å². The van der Waals surface area contributed by atoms with Crippen molar-refractivity contribution in [3.05, 3.63) is 21.9 Å². The monoisotopic (exact) mass is 294 g/mol. The average molecular weight is 294 g/mol. The van der Waals surface area contributed by atoms with Crippen molar-refractivity contribution < 1.29 is 9.59 Å². The van der Waals surface area contributed by atoms with E-state index in [0.29, 0.717) is 10.8 Å². The van der Waals surface area contributed by atoms with Gasteiger partial charge in [-0.25, -0.2) is 0 Å². The number of amides is 2. The third-order valence-electron chi connectivity index (χ3n) is 3.83. The minimum atomic E-state index is -0.171. The van der Waals surface area contributed by atoms with Crippen molar-refractivity contribution in [2.24, 2.45) is 5.92 Å². The first kappa shape index (κ1) is 15.0. The largest absolute Gasteiger partial charge is 0.352 e. The lowest BCUT2D eigenvalue weighted by Gasteiger charge is -2.29. The van der Waals surface area contributed by atoms with Gasteiger partial charge in [-0.3, -0.25) is 9.59 Å². The van der Waals surface area contributed by atoms with E-state index < -0.39 is 0 Å². The lowest BCUT2D eigenvalue weighted by molar-refractivity contribution is -0.121. The Kier molecular flexibility index (Phi) is 5.17. The molecule has 0 bridgehead atoms. The van der Waals surface area contributed by atoms with E-state index in [4.69, 9.17) is 0 Å². The number of nitrogens with one attached hydrogen (secondary N) is 2. The number of hydrogen-bond acceptors (Lipinski definition) is 3. The zero-order valence-corrected chi connectivity index (χ0v) is 12.9. The normalized spacial score (nSPS) is 22.3. The van der Waals surface area contributed by atoms with E-state index in [2.05, 4.69) is 17.6 Å². The fourth-order valence-electron chi connectivity index (χ4n) is 2.59. The van der Waals surface area contributed by atoms with Crippen molar-refractivity contribution in [3.63, 3.8) is 0 Å². The highest BCUT2D eigenvalue weighted by atomic mass is 32.1. The first-order valence-corrected chi connectivity index (χ1v) is 8.02. The lowest BCUT2D eigenvalue weighted by atomic mass is 9.86. The van der Waals surface area contributed by atoms with Crippen LogP contribution in [0.5, 0.6) is 0 Å². The maximum Gasteiger partial charge on any atom is 0.261 e. The van der Waals surface area contributed by atoms with Gasteiger partial charge in [-0.2, -0.15) is 0 Å². The molecule has 1 fully saturated rings. The van der Waals surface area contributed by atoms with Gasteiger partial charge in [-0.1, -0.05) is 19.8 Å². The molecule has 1 aromatic heterocycles. The lowest BCUT2D eigenvalue weighted by Crippen LogP contribution is -2.45. The molecule has 20 heavy (non-hydrogen) atoms. The first-order valence-electron chi connectivity index (χ1n) is 7.20. The van der Waals surface area contributed by atoms with Crippen LogP contribution in [0.25, 0.3) is 0 Å². The summed E-state index contributed by atoms with van der Waals surface area (Å²) in [5.74, 6) is 0.267. The van der Waals surface area contributed by atoms with Gasteiger partial charge < -0.3 is 10.6 Å². The van der Waals surface area contributed by atoms with Gasteiger partial charge in [0.05, 0.1) is 11.4 Å². The van der Waals surface area contributed by atoms with Crippen molar-refractivity contribution >= 4 is 23.2 Å². The summed E-state index contributed by atoms with van der Waals surface area (Å²) in [5.41, 5.74) is 0. The summed E-state index contributed by atoms with van der Waals surface area (Å²) in [6, 6.07) is 3.96. The van der Waals surface area contributed by atoms with Gasteiger partial charge in [0.1, 0.15) is 0 Å². The number of aryl methyl sites for hydroxylation is 1. The van der Waals surface area contributed by atoms with E-state index in [1.807, 2.05) is 13.0 Å². The molecule has 0 spiro atoms. The van der Waals surface area contributed by atoms with E-state index in [-0.39, 0.29) is 24.4 Å². The summed E-state index contributed by atoms with van der Waals surface area (Å²) in [5, 5.41) is 5.71. The second-order valence-electron chi connectivity index (χ2n) is 5.53. The van der Waals surface area contributed by atoms with Crippen molar-refractivity contribution in [3.8, 4) is 0 Å². The van der Waals surface area contributed by atoms with E-state index in [9.17, 15) is 9.59 Å². The number of carbonyl (C=O) groups is 2.